The van der Waals surface area contributed by atoms with Crippen molar-refractivity contribution in [2.24, 2.45) is 11.1 Å². The standard InChI is InChI=1S/C27H26F2N4O3/c1-16-8-19(9-18-4-5-23(24(10-18)34-3)32-14-17(2)30-15-32)26-31-36-27(33(26)13-16)6-7-35-25-21(27)11-20(28)12-22(25)29/h4-5,9-12,14-16H,6-8,13H2,1-3H3/b19-9+/t16-,27+/m1/s1. The first-order chi connectivity index (χ1) is 17.4. The van der Waals surface area contributed by atoms with Crippen LogP contribution in [0.5, 0.6) is 11.5 Å². The third-order valence-corrected chi connectivity index (χ3v) is 6.98. The van der Waals surface area contributed by atoms with Crippen molar-refractivity contribution >= 4 is 11.9 Å². The van der Waals surface area contributed by atoms with Crippen LogP contribution >= 0.6 is 0 Å². The lowest BCUT2D eigenvalue weighted by molar-refractivity contribution is -0.131. The number of piperidine rings is 1. The Morgan fingerprint density at radius 2 is 2.08 bits per heavy atom. The van der Waals surface area contributed by atoms with Crippen LogP contribution in [0, 0.1) is 24.5 Å². The lowest BCUT2D eigenvalue weighted by atomic mass is 9.87. The van der Waals surface area contributed by atoms with Gasteiger partial charge in [-0.3, -0.25) is 0 Å². The Morgan fingerprint density at radius 3 is 2.86 bits per heavy atom. The number of methoxy groups -OCH3 is 1. The smallest absolute Gasteiger partial charge is 0.244 e. The highest BCUT2D eigenvalue weighted by molar-refractivity contribution is 6.03. The van der Waals surface area contributed by atoms with Crippen LogP contribution in [0.3, 0.4) is 0 Å². The number of fused-ring (bicyclic) bond motifs is 4. The number of amidine groups is 1. The van der Waals surface area contributed by atoms with Crippen LogP contribution in [0.25, 0.3) is 11.8 Å². The molecule has 4 heterocycles. The molecule has 3 aromatic rings. The summed E-state index contributed by atoms with van der Waals surface area (Å²) in [6.45, 7) is 4.98. The van der Waals surface area contributed by atoms with Gasteiger partial charge in [-0.2, -0.15) is 0 Å². The van der Waals surface area contributed by atoms with Crippen molar-refractivity contribution in [3.63, 3.8) is 0 Å². The molecule has 0 bridgehead atoms. The summed E-state index contributed by atoms with van der Waals surface area (Å²) >= 11 is 0. The largest absolute Gasteiger partial charge is 0.495 e. The van der Waals surface area contributed by atoms with Crippen LogP contribution in [-0.4, -0.2) is 40.5 Å². The number of aryl methyl sites for hydroxylation is 1. The highest BCUT2D eigenvalue weighted by Gasteiger charge is 2.54. The molecule has 0 aliphatic carbocycles. The van der Waals surface area contributed by atoms with Gasteiger partial charge >= 0.3 is 0 Å². The molecule has 3 aliphatic rings. The van der Waals surface area contributed by atoms with Crippen molar-refractivity contribution in [1.29, 1.82) is 0 Å². The van der Waals surface area contributed by atoms with E-state index in [0.29, 0.717) is 30.1 Å². The summed E-state index contributed by atoms with van der Waals surface area (Å²) in [5.74, 6) is 0.287. The van der Waals surface area contributed by atoms with E-state index in [1.54, 1.807) is 13.4 Å². The summed E-state index contributed by atoms with van der Waals surface area (Å²) in [5.41, 5.74) is 2.98. The van der Waals surface area contributed by atoms with E-state index in [9.17, 15) is 8.78 Å². The molecule has 0 amide bonds. The van der Waals surface area contributed by atoms with Crippen LogP contribution in [-0.2, 0) is 10.6 Å². The first-order valence-electron chi connectivity index (χ1n) is 11.9. The second-order valence-corrected chi connectivity index (χ2v) is 9.60. The first kappa shape index (κ1) is 22.6. The predicted molar refractivity (Wildman–Crippen MR) is 130 cm³/mol. The minimum atomic E-state index is -1.10. The molecule has 9 heteroatoms. The Kier molecular flexibility index (Phi) is 5.24. The molecule has 186 valence electrons. The number of aromatic nitrogens is 2. The SMILES string of the molecule is COc1cc(/C=C2\C[C@@H](C)CN3C2=NO[C@]32CCOc3c(F)cc(F)cc32)ccc1-n1cnc(C)c1. The summed E-state index contributed by atoms with van der Waals surface area (Å²) in [4.78, 5) is 12.4. The van der Waals surface area contributed by atoms with E-state index in [4.69, 9.17) is 14.3 Å². The average Bonchev–Trinajstić information content (AvgIpc) is 3.44. The van der Waals surface area contributed by atoms with Crippen molar-refractivity contribution in [3.8, 4) is 17.2 Å². The molecule has 0 unspecified atom stereocenters. The van der Waals surface area contributed by atoms with E-state index < -0.39 is 17.4 Å². The molecule has 3 aliphatic heterocycles. The Bertz CT molecular complexity index is 1420. The van der Waals surface area contributed by atoms with Gasteiger partial charge in [-0.05, 0) is 54.7 Å². The first-order valence-corrected chi connectivity index (χ1v) is 11.9. The monoisotopic (exact) mass is 492 g/mol. The number of rotatable bonds is 3. The van der Waals surface area contributed by atoms with E-state index in [1.165, 1.54) is 6.07 Å². The topological polar surface area (TPSA) is 61.1 Å². The molecule has 0 saturated carbocycles. The zero-order valence-electron chi connectivity index (χ0n) is 20.3. The highest BCUT2D eigenvalue weighted by Crippen LogP contribution is 2.49. The van der Waals surface area contributed by atoms with Gasteiger partial charge in [0.25, 0.3) is 0 Å². The maximum absolute atomic E-state index is 14.6. The van der Waals surface area contributed by atoms with Gasteiger partial charge in [0, 0.05) is 25.2 Å². The van der Waals surface area contributed by atoms with Crippen molar-refractivity contribution in [2.75, 3.05) is 20.3 Å². The van der Waals surface area contributed by atoms with E-state index in [2.05, 4.69) is 23.1 Å². The predicted octanol–water partition coefficient (Wildman–Crippen LogP) is 5.17. The van der Waals surface area contributed by atoms with E-state index in [0.717, 1.165) is 35.0 Å². The maximum atomic E-state index is 14.6. The number of halogens is 2. The van der Waals surface area contributed by atoms with Gasteiger partial charge in [-0.25, -0.2) is 13.8 Å². The molecule has 2 atom stereocenters. The number of hydrogen-bond acceptors (Lipinski definition) is 6. The molecule has 2 aromatic carbocycles. The van der Waals surface area contributed by atoms with Crippen LogP contribution < -0.4 is 9.47 Å². The molecule has 0 radical (unpaired) electrons. The quantitative estimate of drug-likeness (QED) is 0.505. The Morgan fingerprint density at radius 1 is 1.22 bits per heavy atom. The number of oxime groups is 1. The summed E-state index contributed by atoms with van der Waals surface area (Å²) in [6, 6.07) is 8.11. The Hall–Kier alpha value is -3.88. The van der Waals surface area contributed by atoms with Gasteiger partial charge in [-0.1, -0.05) is 18.1 Å². The van der Waals surface area contributed by atoms with Gasteiger partial charge in [0.1, 0.15) is 11.6 Å². The summed E-state index contributed by atoms with van der Waals surface area (Å²) in [7, 11) is 1.64. The van der Waals surface area contributed by atoms with Crippen molar-refractivity contribution in [1.82, 2.24) is 14.5 Å². The second kappa shape index (κ2) is 8.36. The minimum Gasteiger partial charge on any atom is -0.495 e. The lowest BCUT2D eigenvalue weighted by Crippen LogP contribution is -2.53. The molecule has 7 nitrogen and oxygen atoms in total. The van der Waals surface area contributed by atoms with Crippen molar-refractivity contribution < 1.29 is 23.1 Å². The van der Waals surface area contributed by atoms with Crippen LogP contribution in [0.2, 0.25) is 0 Å². The zero-order chi connectivity index (χ0) is 25.0. The number of imidazole rings is 1. The zero-order valence-corrected chi connectivity index (χ0v) is 20.3. The number of ether oxygens (including phenoxy) is 2. The lowest BCUT2D eigenvalue weighted by Gasteiger charge is -2.44. The third kappa shape index (κ3) is 3.53. The maximum Gasteiger partial charge on any atom is 0.244 e. The molecular formula is C27H26F2N4O3. The van der Waals surface area contributed by atoms with Gasteiger partial charge in [0.2, 0.25) is 5.72 Å². The number of hydrogen-bond donors (Lipinski definition) is 0. The Balaban J connectivity index is 1.38. The molecule has 1 saturated heterocycles. The van der Waals surface area contributed by atoms with Gasteiger partial charge in [-0.15, -0.1) is 0 Å². The molecular weight excluding hydrogens is 466 g/mol. The third-order valence-electron chi connectivity index (χ3n) is 6.98. The van der Waals surface area contributed by atoms with Crippen molar-refractivity contribution in [3.05, 3.63) is 76.9 Å². The summed E-state index contributed by atoms with van der Waals surface area (Å²) in [5, 5.41) is 4.45. The molecule has 0 N–H and O–H groups in total. The highest BCUT2D eigenvalue weighted by atomic mass is 19.1. The fourth-order valence-electron chi connectivity index (χ4n) is 5.37. The van der Waals surface area contributed by atoms with Crippen LogP contribution in [0.1, 0.15) is 36.6 Å². The normalized spacial score (nSPS) is 23.7. The molecule has 1 fully saturated rings. The van der Waals surface area contributed by atoms with E-state index in [-0.39, 0.29) is 18.3 Å². The number of nitrogens with zero attached hydrogens (tertiary/aromatic N) is 4. The molecule has 36 heavy (non-hydrogen) atoms. The van der Waals surface area contributed by atoms with E-state index in [1.807, 2.05) is 40.8 Å². The van der Waals surface area contributed by atoms with E-state index >= 15 is 0 Å². The molecule has 6 rings (SSSR count). The average molecular weight is 493 g/mol. The van der Waals surface area contributed by atoms with Gasteiger partial charge in [0.15, 0.2) is 17.4 Å². The van der Waals surface area contributed by atoms with Gasteiger partial charge in [0.05, 0.1) is 37.0 Å². The fourth-order valence-corrected chi connectivity index (χ4v) is 5.37. The minimum absolute atomic E-state index is 0.0259. The van der Waals surface area contributed by atoms with Crippen molar-refractivity contribution in [2.45, 2.75) is 32.4 Å². The Labute approximate surface area is 207 Å². The second-order valence-electron chi connectivity index (χ2n) is 9.60. The van der Waals surface area contributed by atoms with Crippen LogP contribution in [0.15, 0.2) is 53.6 Å². The van der Waals surface area contributed by atoms with Crippen LogP contribution in [0.4, 0.5) is 8.78 Å². The summed E-state index contributed by atoms with van der Waals surface area (Å²) in [6.07, 6.45) is 6.97. The fraction of sp³-hybridized carbons (Fsp3) is 0.333. The molecule has 1 aromatic heterocycles. The molecule has 1 spiro atoms. The number of benzene rings is 2. The summed E-state index contributed by atoms with van der Waals surface area (Å²) < 4.78 is 42.0. The van der Waals surface area contributed by atoms with Gasteiger partial charge < -0.3 is 23.8 Å².